The third-order valence-electron chi connectivity index (χ3n) is 3.54. The van der Waals surface area contributed by atoms with Gasteiger partial charge in [-0.25, -0.2) is 0 Å². The molecule has 0 saturated heterocycles. The molecule has 0 unspecified atom stereocenters. The highest BCUT2D eigenvalue weighted by molar-refractivity contribution is 6.42. The predicted octanol–water partition coefficient (Wildman–Crippen LogP) is 4.14. The van der Waals surface area contributed by atoms with Gasteiger partial charge in [0.2, 0.25) is 18.0 Å². The molecule has 0 spiro atoms. The van der Waals surface area contributed by atoms with Crippen molar-refractivity contribution in [2.75, 3.05) is 0 Å². The highest BCUT2D eigenvalue weighted by Crippen LogP contribution is 2.37. The normalized spacial score (nSPS) is 16.4. The number of benzene rings is 2. The number of carbonyl (C=O) groups is 1. The standard InChI is InChI=1S/C16H11Cl2N3O4/c1-9(22)20-16(12-3-2-4-13(17)14(12)18)25-15(19-20)10-5-7-11(8-6-10)21(23)24/h2-8,16H,1H3/t16-/m0/s1. The summed E-state index contributed by atoms with van der Waals surface area (Å²) in [4.78, 5) is 22.2. The van der Waals surface area contributed by atoms with Crippen LogP contribution in [-0.4, -0.2) is 21.7 Å². The van der Waals surface area contributed by atoms with Crippen molar-refractivity contribution < 1.29 is 14.5 Å². The summed E-state index contributed by atoms with van der Waals surface area (Å²) in [5.74, 6) is -0.191. The summed E-state index contributed by atoms with van der Waals surface area (Å²) < 4.78 is 5.79. The zero-order valence-corrected chi connectivity index (χ0v) is 14.4. The maximum absolute atomic E-state index is 11.9. The van der Waals surface area contributed by atoms with Gasteiger partial charge in [0, 0.05) is 30.2 Å². The number of halogens is 2. The van der Waals surface area contributed by atoms with E-state index in [-0.39, 0.29) is 22.5 Å². The highest BCUT2D eigenvalue weighted by Gasteiger charge is 2.34. The number of hydrazone groups is 1. The zero-order valence-electron chi connectivity index (χ0n) is 12.8. The second-order valence-corrected chi connectivity index (χ2v) is 5.97. The lowest BCUT2D eigenvalue weighted by molar-refractivity contribution is -0.384. The molecule has 0 aliphatic carbocycles. The Balaban J connectivity index is 1.96. The average Bonchev–Trinajstić information content (AvgIpc) is 3.03. The molecule has 0 aromatic heterocycles. The number of carbonyl (C=O) groups excluding carboxylic acids is 1. The van der Waals surface area contributed by atoms with Gasteiger partial charge in [-0.15, -0.1) is 5.10 Å². The molecule has 9 heteroatoms. The minimum atomic E-state index is -0.867. The molecular weight excluding hydrogens is 369 g/mol. The molecular formula is C16H11Cl2N3O4. The number of nitro benzene ring substituents is 1. The molecule has 0 radical (unpaired) electrons. The number of amides is 1. The number of nitro groups is 1. The van der Waals surface area contributed by atoms with Crippen molar-refractivity contribution in [1.29, 1.82) is 0 Å². The van der Waals surface area contributed by atoms with Crippen LogP contribution in [0, 0.1) is 10.1 Å². The highest BCUT2D eigenvalue weighted by atomic mass is 35.5. The first-order valence-electron chi connectivity index (χ1n) is 7.12. The number of ether oxygens (including phenoxy) is 1. The molecule has 0 bridgehead atoms. The molecule has 0 saturated carbocycles. The fraction of sp³-hybridized carbons (Fsp3) is 0.125. The molecule has 0 N–H and O–H groups in total. The second-order valence-electron chi connectivity index (χ2n) is 5.19. The molecule has 3 rings (SSSR count). The number of nitrogens with zero attached hydrogens (tertiary/aromatic N) is 3. The van der Waals surface area contributed by atoms with E-state index in [1.807, 2.05) is 0 Å². The number of hydrogen-bond acceptors (Lipinski definition) is 5. The van der Waals surface area contributed by atoms with Gasteiger partial charge in [0.05, 0.1) is 15.0 Å². The van der Waals surface area contributed by atoms with Crippen LogP contribution in [-0.2, 0) is 9.53 Å². The number of hydrogen-bond donors (Lipinski definition) is 0. The summed E-state index contributed by atoms with van der Waals surface area (Å²) >= 11 is 12.2. The van der Waals surface area contributed by atoms with Crippen molar-refractivity contribution in [3.05, 3.63) is 73.8 Å². The first-order chi connectivity index (χ1) is 11.9. The molecule has 25 heavy (non-hydrogen) atoms. The Morgan fingerprint density at radius 3 is 2.52 bits per heavy atom. The van der Waals surface area contributed by atoms with Crippen LogP contribution in [0.15, 0.2) is 47.6 Å². The van der Waals surface area contributed by atoms with Crippen LogP contribution >= 0.6 is 23.2 Å². The predicted molar refractivity (Wildman–Crippen MR) is 92.4 cm³/mol. The van der Waals surface area contributed by atoms with Crippen molar-refractivity contribution in [3.63, 3.8) is 0 Å². The molecule has 2 aromatic carbocycles. The van der Waals surface area contributed by atoms with Gasteiger partial charge in [0.15, 0.2) is 0 Å². The van der Waals surface area contributed by atoms with Gasteiger partial charge in [0.1, 0.15) is 0 Å². The zero-order chi connectivity index (χ0) is 18.1. The minimum absolute atomic E-state index is 0.0554. The van der Waals surface area contributed by atoms with Crippen LogP contribution in [0.5, 0.6) is 0 Å². The Labute approximate surface area is 152 Å². The summed E-state index contributed by atoms with van der Waals surface area (Å²) in [5, 5.41) is 16.7. The fourth-order valence-corrected chi connectivity index (χ4v) is 2.72. The summed E-state index contributed by atoms with van der Waals surface area (Å²) in [6, 6.07) is 10.7. The molecule has 1 aliphatic heterocycles. The minimum Gasteiger partial charge on any atom is -0.446 e. The lowest BCUT2D eigenvalue weighted by atomic mass is 10.2. The third kappa shape index (κ3) is 3.29. The average molecular weight is 380 g/mol. The Hall–Kier alpha value is -2.64. The van der Waals surface area contributed by atoms with Crippen LogP contribution in [0.4, 0.5) is 5.69 Å². The Kier molecular flexibility index (Phi) is 4.61. The number of non-ortho nitro benzene ring substituents is 1. The third-order valence-corrected chi connectivity index (χ3v) is 4.37. The van der Waals surface area contributed by atoms with E-state index in [4.69, 9.17) is 27.9 Å². The van der Waals surface area contributed by atoms with Gasteiger partial charge in [-0.1, -0.05) is 35.3 Å². The summed E-state index contributed by atoms with van der Waals surface area (Å²) in [5.41, 5.74) is 0.933. The van der Waals surface area contributed by atoms with Crippen LogP contribution in [0.25, 0.3) is 0 Å². The molecule has 7 nitrogen and oxygen atoms in total. The lowest BCUT2D eigenvalue weighted by Crippen LogP contribution is -2.25. The first-order valence-corrected chi connectivity index (χ1v) is 7.88. The van der Waals surface area contributed by atoms with Gasteiger partial charge in [0.25, 0.3) is 5.69 Å². The fourth-order valence-electron chi connectivity index (χ4n) is 2.32. The van der Waals surface area contributed by atoms with Crippen LogP contribution in [0.1, 0.15) is 24.3 Å². The Bertz CT molecular complexity index is 883. The van der Waals surface area contributed by atoms with E-state index in [1.165, 1.54) is 31.2 Å². The van der Waals surface area contributed by atoms with E-state index >= 15 is 0 Å². The quantitative estimate of drug-likeness (QED) is 0.592. The molecule has 1 aliphatic rings. The SMILES string of the molecule is CC(=O)N1N=C(c2ccc([N+](=O)[O-])cc2)O[C@H]1c1cccc(Cl)c1Cl. The molecule has 1 amide bonds. The van der Waals surface area contributed by atoms with Crippen molar-refractivity contribution >= 4 is 40.7 Å². The first kappa shape index (κ1) is 17.2. The van der Waals surface area contributed by atoms with Gasteiger partial charge in [-0.3, -0.25) is 14.9 Å². The van der Waals surface area contributed by atoms with Crippen LogP contribution in [0.2, 0.25) is 10.0 Å². The second kappa shape index (κ2) is 6.70. The van der Waals surface area contributed by atoms with Crippen molar-refractivity contribution in [1.82, 2.24) is 5.01 Å². The molecule has 2 aromatic rings. The molecule has 128 valence electrons. The maximum Gasteiger partial charge on any atom is 0.269 e. The summed E-state index contributed by atoms with van der Waals surface area (Å²) in [6.07, 6.45) is -0.867. The van der Waals surface area contributed by atoms with Gasteiger partial charge in [-0.05, 0) is 18.2 Å². The van der Waals surface area contributed by atoms with E-state index in [0.717, 1.165) is 5.01 Å². The van der Waals surface area contributed by atoms with Crippen molar-refractivity contribution in [3.8, 4) is 0 Å². The Morgan fingerprint density at radius 2 is 1.92 bits per heavy atom. The molecule has 0 fully saturated rings. The van der Waals surface area contributed by atoms with E-state index in [0.29, 0.717) is 16.1 Å². The van der Waals surface area contributed by atoms with Gasteiger partial charge in [-0.2, -0.15) is 5.01 Å². The lowest BCUT2D eigenvalue weighted by Gasteiger charge is -2.20. The van der Waals surface area contributed by atoms with Gasteiger partial charge < -0.3 is 4.74 Å². The van der Waals surface area contributed by atoms with E-state index in [1.54, 1.807) is 18.2 Å². The van der Waals surface area contributed by atoms with Crippen molar-refractivity contribution in [2.24, 2.45) is 5.10 Å². The van der Waals surface area contributed by atoms with Crippen molar-refractivity contribution in [2.45, 2.75) is 13.2 Å². The molecule has 1 atom stereocenters. The van der Waals surface area contributed by atoms with E-state index in [2.05, 4.69) is 5.10 Å². The largest absolute Gasteiger partial charge is 0.446 e. The van der Waals surface area contributed by atoms with Gasteiger partial charge >= 0.3 is 0 Å². The van der Waals surface area contributed by atoms with Crippen LogP contribution in [0.3, 0.4) is 0 Å². The summed E-state index contributed by atoms with van der Waals surface area (Å²) in [6.45, 7) is 1.34. The van der Waals surface area contributed by atoms with Crippen LogP contribution < -0.4 is 0 Å². The monoisotopic (exact) mass is 379 g/mol. The summed E-state index contributed by atoms with van der Waals surface area (Å²) in [7, 11) is 0. The molecule has 1 heterocycles. The van der Waals surface area contributed by atoms with E-state index in [9.17, 15) is 14.9 Å². The smallest absolute Gasteiger partial charge is 0.269 e. The topological polar surface area (TPSA) is 85.0 Å². The number of rotatable bonds is 3. The maximum atomic E-state index is 11.9. The van der Waals surface area contributed by atoms with E-state index < -0.39 is 11.2 Å². The Morgan fingerprint density at radius 1 is 1.24 bits per heavy atom.